The van der Waals surface area contributed by atoms with Gasteiger partial charge in [-0.3, -0.25) is 14.3 Å². The van der Waals surface area contributed by atoms with E-state index < -0.39 is 0 Å². The molecule has 8 heteroatoms. The lowest BCUT2D eigenvalue weighted by atomic mass is 10.3. The first-order chi connectivity index (χ1) is 13.5. The van der Waals surface area contributed by atoms with Crippen LogP contribution in [0.4, 0.5) is 0 Å². The molecule has 1 fully saturated rings. The molecule has 0 unspecified atom stereocenters. The van der Waals surface area contributed by atoms with E-state index in [9.17, 15) is 9.59 Å². The summed E-state index contributed by atoms with van der Waals surface area (Å²) >= 11 is 1.44. The lowest BCUT2D eigenvalue weighted by Gasteiger charge is -2.22. The van der Waals surface area contributed by atoms with Crippen molar-refractivity contribution in [3.63, 3.8) is 0 Å². The molecule has 7 nitrogen and oxygen atoms in total. The Kier molecular flexibility index (Phi) is 5.13. The van der Waals surface area contributed by atoms with Crippen molar-refractivity contribution in [3.05, 3.63) is 46.0 Å². The highest BCUT2D eigenvalue weighted by molar-refractivity contribution is 7.13. The number of aromatic nitrogens is 3. The molecule has 0 aliphatic carbocycles. The monoisotopic (exact) mass is 397 g/mol. The van der Waals surface area contributed by atoms with Crippen LogP contribution in [0.3, 0.4) is 0 Å². The van der Waals surface area contributed by atoms with Gasteiger partial charge in [-0.2, -0.15) is 5.10 Å². The molecule has 0 spiro atoms. The molecule has 1 aliphatic rings. The summed E-state index contributed by atoms with van der Waals surface area (Å²) in [6.45, 7) is 6.41. The molecular weight excluding hydrogens is 374 g/mol. The first-order valence-corrected chi connectivity index (χ1v) is 10.3. The van der Waals surface area contributed by atoms with Crippen LogP contribution in [0.5, 0.6) is 0 Å². The summed E-state index contributed by atoms with van der Waals surface area (Å²) in [7, 11) is 0. The van der Waals surface area contributed by atoms with Crippen molar-refractivity contribution in [2.75, 3.05) is 26.2 Å². The van der Waals surface area contributed by atoms with Crippen molar-refractivity contribution in [1.29, 1.82) is 0 Å². The van der Waals surface area contributed by atoms with Crippen LogP contribution < -0.4 is 0 Å². The zero-order valence-corrected chi connectivity index (χ0v) is 16.9. The van der Waals surface area contributed by atoms with Crippen molar-refractivity contribution >= 4 is 34.1 Å². The fourth-order valence-corrected chi connectivity index (χ4v) is 4.47. The largest absolute Gasteiger partial charge is 0.339 e. The zero-order valence-electron chi connectivity index (χ0n) is 16.1. The molecule has 1 saturated heterocycles. The van der Waals surface area contributed by atoms with Gasteiger partial charge in [0.1, 0.15) is 11.4 Å². The van der Waals surface area contributed by atoms with Gasteiger partial charge in [-0.05, 0) is 26.3 Å². The number of amides is 2. The minimum absolute atomic E-state index is 0.0238. The number of hydrogen-bond donors (Lipinski definition) is 0. The normalized spacial score (nSPS) is 15.1. The third-order valence-electron chi connectivity index (χ3n) is 4.99. The van der Waals surface area contributed by atoms with Crippen LogP contribution in [-0.2, 0) is 11.3 Å². The number of carbonyl (C=O) groups is 2. The molecule has 1 aliphatic heterocycles. The first-order valence-electron chi connectivity index (χ1n) is 9.44. The highest BCUT2D eigenvalue weighted by atomic mass is 32.1. The van der Waals surface area contributed by atoms with Crippen LogP contribution in [0, 0.1) is 13.8 Å². The van der Waals surface area contributed by atoms with Crippen molar-refractivity contribution in [2.24, 2.45) is 0 Å². The van der Waals surface area contributed by atoms with Gasteiger partial charge >= 0.3 is 0 Å². The minimum atomic E-state index is 0.0238. The summed E-state index contributed by atoms with van der Waals surface area (Å²) in [5.41, 5.74) is 1.67. The summed E-state index contributed by atoms with van der Waals surface area (Å²) in [5.74, 6) is 0.0580. The molecule has 146 valence electrons. The molecule has 2 aromatic heterocycles. The number of hydrogen-bond acceptors (Lipinski definition) is 5. The fraction of sp³-hybridized carbons (Fsp3) is 0.400. The first kappa shape index (κ1) is 18.6. The number of thiazole rings is 1. The standard InChI is InChI=1S/C20H23N5O2S/c1-14-19(28-15(2)21-14)20(27)24-9-5-8-23(10-11-24)18(26)13-25-12-16-6-3-4-7-17(16)22-25/h3-4,6-7,12H,5,8-11,13H2,1-2H3. The third-order valence-corrected chi connectivity index (χ3v) is 6.05. The van der Waals surface area contributed by atoms with E-state index in [0.29, 0.717) is 31.1 Å². The van der Waals surface area contributed by atoms with Crippen LogP contribution in [0.1, 0.15) is 26.8 Å². The van der Waals surface area contributed by atoms with E-state index in [1.165, 1.54) is 11.3 Å². The van der Waals surface area contributed by atoms with Crippen LogP contribution in [0.15, 0.2) is 30.5 Å². The lowest BCUT2D eigenvalue weighted by Crippen LogP contribution is -2.38. The quantitative estimate of drug-likeness (QED) is 0.681. The van der Waals surface area contributed by atoms with Gasteiger partial charge in [0.25, 0.3) is 5.91 Å². The number of aryl methyl sites for hydroxylation is 2. The molecule has 3 heterocycles. The molecule has 0 atom stereocenters. The van der Waals surface area contributed by atoms with Gasteiger partial charge in [-0.25, -0.2) is 4.98 Å². The van der Waals surface area contributed by atoms with Crippen molar-refractivity contribution in [3.8, 4) is 0 Å². The van der Waals surface area contributed by atoms with Gasteiger partial charge in [0.05, 0.1) is 16.2 Å². The molecule has 0 N–H and O–H groups in total. The second kappa shape index (κ2) is 7.71. The maximum absolute atomic E-state index is 12.8. The Morgan fingerprint density at radius 1 is 1.07 bits per heavy atom. The third kappa shape index (κ3) is 3.77. The second-order valence-electron chi connectivity index (χ2n) is 7.06. The van der Waals surface area contributed by atoms with E-state index >= 15 is 0 Å². The number of benzene rings is 1. The Bertz CT molecular complexity index is 992. The zero-order chi connectivity index (χ0) is 19.7. The predicted octanol–water partition coefficient (Wildman–Crippen LogP) is 2.48. The summed E-state index contributed by atoms with van der Waals surface area (Å²) in [4.78, 5) is 34.3. The van der Waals surface area contributed by atoms with E-state index in [0.717, 1.165) is 28.0 Å². The van der Waals surface area contributed by atoms with Crippen molar-refractivity contribution < 1.29 is 9.59 Å². The molecule has 28 heavy (non-hydrogen) atoms. The van der Waals surface area contributed by atoms with Gasteiger partial charge in [-0.15, -0.1) is 11.3 Å². The van der Waals surface area contributed by atoms with Crippen LogP contribution in [0.25, 0.3) is 10.9 Å². The van der Waals surface area contributed by atoms with Gasteiger partial charge in [-0.1, -0.05) is 18.2 Å². The Morgan fingerprint density at radius 2 is 1.82 bits per heavy atom. The number of nitrogens with zero attached hydrogens (tertiary/aromatic N) is 5. The van der Waals surface area contributed by atoms with Crippen LogP contribution in [0.2, 0.25) is 0 Å². The predicted molar refractivity (Wildman–Crippen MR) is 108 cm³/mol. The minimum Gasteiger partial charge on any atom is -0.339 e. The molecule has 2 amide bonds. The lowest BCUT2D eigenvalue weighted by molar-refractivity contribution is -0.131. The van der Waals surface area contributed by atoms with Gasteiger partial charge in [0.2, 0.25) is 5.91 Å². The number of carbonyl (C=O) groups excluding carboxylic acids is 2. The Morgan fingerprint density at radius 3 is 2.57 bits per heavy atom. The maximum atomic E-state index is 12.8. The highest BCUT2D eigenvalue weighted by Crippen LogP contribution is 2.20. The molecular formula is C20H23N5O2S. The van der Waals surface area contributed by atoms with Gasteiger partial charge < -0.3 is 9.80 Å². The number of fused-ring (bicyclic) bond motifs is 1. The van der Waals surface area contributed by atoms with Crippen LogP contribution in [-0.4, -0.2) is 62.6 Å². The summed E-state index contributed by atoms with van der Waals surface area (Å²) < 4.78 is 1.70. The molecule has 3 aromatic rings. The van der Waals surface area contributed by atoms with E-state index in [2.05, 4.69) is 10.1 Å². The van der Waals surface area contributed by atoms with E-state index in [-0.39, 0.29) is 18.4 Å². The summed E-state index contributed by atoms with van der Waals surface area (Å²) in [6.07, 6.45) is 2.67. The SMILES string of the molecule is Cc1nc(C)c(C(=O)N2CCCN(C(=O)Cn3cc4ccccc4n3)CC2)s1. The molecule has 0 radical (unpaired) electrons. The topological polar surface area (TPSA) is 71.3 Å². The van der Waals surface area contributed by atoms with E-state index in [1.807, 2.05) is 54.1 Å². The van der Waals surface area contributed by atoms with Gasteiger partial charge in [0.15, 0.2) is 0 Å². The smallest absolute Gasteiger partial charge is 0.265 e. The molecule has 0 saturated carbocycles. The molecule has 4 rings (SSSR count). The average molecular weight is 398 g/mol. The number of rotatable bonds is 3. The Labute approximate surface area is 167 Å². The Hall–Kier alpha value is -2.74. The van der Waals surface area contributed by atoms with E-state index in [1.54, 1.807) is 4.68 Å². The summed E-state index contributed by atoms with van der Waals surface area (Å²) in [5, 5.41) is 6.39. The van der Waals surface area contributed by atoms with Crippen LogP contribution >= 0.6 is 11.3 Å². The fourth-order valence-electron chi connectivity index (χ4n) is 3.58. The summed E-state index contributed by atoms with van der Waals surface area (Å²) in [6, 6.07) is 7.83. The van der Waals surface area contributed by atoms with Gasteiger partial charge in [0, 0.05) is 37.8 Å². The highest BCUT2D eigenvalue weighted by Gasteiger charge is 2.25. The molecule has 0 bridgehead atoms. The molecule has 1 aromatic carbocycles. The second-order valence-corrected chi connectivity index (χ2v) is 8.26. The van der Waals surface area contributed by atoms with Crippen molar-refractivity contribution in [1.82, 2.24) is 24.6 Å². The Balaban J connectivity index is 1.39. The average Bonchev–Trinajstić information content (AvgIpc) is 3.12. The van der Waals surface area contributed by atoms with Crippen molar-refractivity contribution in [2.45, 2.75) is 26.8 Å². The van der Waals surface area contributed by atoms with E-state index in [4.69, 9.17) is 0 Å². The maximum Gasteiger partial charge on any atom is 0.265 e.